The smallest absolute Gasteiger partial charge is 0.225 e. The summed E-state index contributed by atoms with van der Waals surface area (Å²) in [5, 5.41) is 3.15. The van der Waals surface area contributed by atoms with Crippen LogP contribution in [0.15, 0.2) is 43.0 Å². The summed E-state index contributed by atoms with van der Waals surface area (Å²) in [7, 11) is 0. The van der Waals surface area contributed by atoms with E-state index < -0.39 is 5.54 Å². The van der Waals surface area contributed by atoms with Crippen LogP contribution < -0.4 is 11.1 Å². The lowest BCUT2D eigenvalue weighted by Crippen LogP contribution is -2.53. The van der Waals surface area contributed by atoms with Gasteiger partial charge < -0.3 is 15.6 Å². The van der Waals surface area contributed by atoms with E-state index in [0.717, 1.165) is 36.9 Å². The number of carbonyl (C=O) groups excluding carboxylic acids is 1. The molecule has 0 bridgehead atoms. The highest BCUT2D eigenvalue weighted by atomic mass is 16.2. The molecule has 1 aromatic carbocycles. The van der Waals surface area contributed by atoms with Gasteiger partial charge in [0.2, 0.25) is 5.91 Å². The molecule has 1 aromatic heterocycles. The zero-order valence-electron chi connectivity index (χ0n) is 14.4. The zero-order valence-corrected chi connectivity index (χ0v) is 14.4. The van der Waals surface area contributed by atoms with Crippen LogP contribution in [0.5, 0.6) is 0 Å². The highest BCUT2D eigenvalue weighted by molar-refractivity contribution is 5.80. The zero-order chi connectivity index (χ0) is 17.2. The van der Waals surface area contributed by atoms with Crippen molar-refractivity contribution in [3.63, 3.8) is 0 Å². The third-order valence-electron chi connectivity index (χ3n) is 5.10. The Balaban J connectivity index is 1.72. The van der Waals surface area contributed by atoms with Crippen molar-refractivity contribution in [1.29, 1.82) is 0 Å². The van der Waals surface area contributed by atoms with E-state index >= 15 is 0 Å². The van der Waals surface area contributed by atoms with Gasteiger partial charge >= 0.3 is 0 Å². The van der Waals surface area contributed by atoms with Crippen LogP contribution in [0.3, 0.4) is 0 Å². The summed E-state index contributed by atoms with van der Waals surface area (Å²) < 4.78 is 1.95. The van der Waals surface area contributed by atoms with E-state index in [2.05, 4.69) is 16.4 Å². The Labute approximate surface area is 143 Å². The summed E-state index contributed by atoms with van der Waals surface area (Å²) in [5.74, 6) is -0.0363. The minimum Gasteiger partial charge on any atom is -0.349 e. The molecule has 1 aliphatic carbocycles. The maximum absolute atomic E-state index is 12.7. The van der Waals surface area contributed by atoms with Crippen molar-refractivity contribution >= 4 is 5.91 Å². The van der Waals surface area contributed by atoms with Crippen molar-refractivity contribution in [3.05, 3.63) is 48.5 Å². The van der Waals surface area contributed by atoms with Gasteiger partial charge in [0.05, 0.1) is 18.3 Å². The number of nitrogens with zero attached hydrogens (tertiary/aromatic N) is 2. The van der Waals surface area contributed by atoms with Crippen molar-refractivity contribution in [3.8, 4) is 5.69 Å². The standard InChI is InChI=1S/C19H26N4O/c1-14(22-18(24)17-8-3-4-9-19(17,2)20)15-6-5-7-16(12-15)23-11-10-21-13-23/h5-7,10-14,17H,3-4,8-9,20H2,1-2H3,(H,22,24). The second-order valence-electron chi connectivity index (χ2n) is 7.10. The van der Waals surface area contributed by atoms with Crippen molar-refractivity contribution in [1.82, 2.24) is 14.9 Å². The molecule has 0 saturated heterocycles. The lowest BCUT2D eigenvalue weighted by atomic mass is 9.74. The molecule has 1 aliphatic rings. The normalized spacial score (nSPS) is 25.2. The van der Waals surface area contributed by atoms with Crippen molar-refractivity contribution in [2.24, 2.45) is 11.7 Å². The monoisotopic (exact) mass is 326 g/mol. The summed E-state index contributed by atoms with van der Waals surface area (Å²) in [5.41, 5.74) is 8.06. The maximum atomic E-state index is 12.7. The van der Waals surface area contributed by atoms with Gasteiger partial charge in [-0.2, -0.15) is 0 Å². The Kier molecular flexibility index (Phi) is 4.71. The van der Waals surface area contributed by atoms with Gasteiger partial charge in [-0.05, 0) is 44.4 Å². The van der Waals surface area contributed by atoms with Crippen LogP contribution in [-0.4, -0.2) is 21.0 Å². The molecule has 3 unspecified atom stereocenters. The molecule has 1 fully saturated rings. The minimum atomic E-state index is -0.402. The van der Waals surface area contributed by atoms with Gasteiger partial charge in [-0.1, -0.05) is 25.0 Å². The fourth-order valence-corrected chi connectivity index (χ4v) is 3.55. The van der Waals surface area contributed by atoms with Crippen LogP contribution in [-0.2, 0) is 4.79 Å². The molecular formula is C19H26N4O. The van der Waals surface area contributed by atoms with E-state index in [0.29, 0.717) is 0 Å². The summed E-state index contributed by atoms with van der Waals surface area (Å²) in [6.45, 7) is 4.02. The first-order valence-electron chi connectivity index (χ1n) is 8.65. The number of nitrogens with one attached hydrogen (secondary N) is 1. The predicted molar refractivity (Wildman–Crippen MR) is 94.7 cm³/mol. The van der Waals surface area contributed by atoms with Crippen LogP contribution in [0.25, 0.3) is 5.69 Å². The van der Waals surface area contributed by atoms with E-state index in [1.807, 2.05) is 42.8 Å². The Morgan fingerprint density at radius 3 is 3.00 bits per heavy atom. The van der Waals surface area contributed by atoms with Crippen LogP contribution in [0, 0.1) is 5.92 Å². The average molecular weight is 326 g/mol. The molecule has 3 N–H and O–H groups in total. The summed E-state index contributed by atoms with van der Waals surface area (Å²) in [4.78, 5) is 16.8. The molecule has 24 heavy (non-hydrogen) atoms. The third-order valence-corrected chi connectivity index (χ3v) is 5.10. The van der Waals surface area contributed by atoms with E-state index in [4.69, 9.17) is 5.73 Å². The molecule has 0 spiro atoms. The fourth-order valence-electron chi connectivity index (χ4n) is 3.55. The Morgan fingerprint density at radius 2 is 2.29 bits per heavy atom. The van der Waals surface area contributed by atoms with E-state index in [1.54, 1.807) is 12.5 Å². The van der Waals surface area contributed by atoms with Gasteiger partial charge in [0.1, 0.15) is 0 Å². The lowest BCUT2D eigenvalue weighted by molar-refractivity contribution is -0.128. The van der Waals surface area contributed by atoms with Crippen LogP contribution in [0.1, 0.15) is 51.1 Å². The first-order valence-corrected chi connectivity index (χ1v) is 8.65. The number of benzene rings is 1. The largest absolute Gasteiger partial charge is 0.349 e. The van der Waals surface area contributed by atoms with Crippen LogP contribution >= 0.6 is 0 Å². The number of carbonyl (C=O) groups is 1. The number of aromatic nitrogens is 2. The molecule has 0 aliphatic heterocycles. The van der Waals surface area contributed by atoms with E-state index in [-0.39, 0.29) is 17.9 Å². The summed E-state index contributed by atoms with van der Waals surface area (Å²) in [6.07, 6.45) is 9.41. The summed E-state index contributed by atoms with van der Waals surface area (Å²) >= 11 is 0. The average Bonchev–Trinajstić information content (AvgIpc) is 3.09. The topological polar surface area (TPSA) is 72.9 Å². The van der Waals surface area contributed by atoms with Crippen LogP contribution in [0.2, 0.25) is 0 Å². The molecule has 1 heterocycles. The molecule has 3 atom stereocenters. The molecule has 5 heteroatoms. The van der Waals surface area contributed by atoms with Crippen molar-refractivity contribution < 1.29 is 4.79 Å². The molecule has 5 nitrogen and oxygen atoms in total. The molecule has 1 amide bonds. The number of nitrogens with two attached hydrogens (primary N) is 1. The van der Waals surface area contributed by atoms with Crippen molar-refractivity contribution in [2.45, 2.75) is 51.1 Å². The van der Waals surface area contributed by atoms with Crippen LogP contribution in [0.4, 0.5) is 0 Å². The van der Waals surface area contributed by atoms with Gasteiger partial charge in [-0.25, -0.2) is 4.98 Å². The fraction of sp³-hybridized carbons (Fsp3) is 0.474. The highest BCUT2D eigenvalue weighted by Gasteiger charge is 2.38. The molecule has 1 saturated carbocycles. The van der Waals surface area contributed by atoms with Gasteiger partial charge in [-0.3, -0.25) is 4.79 Å². The Bertz CT molecular complexity index is 693. The number of rotatable bonds is 4. The second kappa shape index (κ2) is 6.77. The van der Waals surface area contributed by atoms with Gasteiger partial charge in [-0.15, -0.1) is 0 Å². The Morgan fingerprint density at radius 1 is 1.46 bits per heavy atom. The number of hydrogen-bond acceptors (Lipinski definition) is 3. The van der Waals surface area contributed by atoms with E-state index in [9.17, 15) is 4.79 Å². The van der Waals surface area contributed by atoms with Gasteiger partial charge in [0, 0.05) is 23.6 Å². The quantitative estimate of drug-likeness (QED) is 0.907. The predicted octanol–water partition coefficient (Wildman–Crippen LogP) is 2.96. The number of amides is 1. The van der Waals surface area contributed by atoms with Gasteiger partial charge in [0.15, 0.2) is 0 Å². The summed E-state index contributed by atoms with van der Waals surface area (Å²) in [6, 6.07) is 8.08. The first kappa shape index (κ1) is 16.7. The SMILES string of the molecule is CC(NC(=O)C1CCCCC1(C)N)c1cccc(-n2ccnc2)c1. The highest BCUT2D eigenvalue weighted by Crippen LogP contribution is 2.32. The maximum Gasteiger partial charge on any atom is 0.225 e. The second-order valence-corrected chi connectivity index (χ2v) is 7.10. The number of hydrogen-bond donors (Lipinski definition) is 2. The Hall–Kier alpha value is -2.14. The molecule has 2 aromatic rings. The minimum absolute atomic E-state index is 0.0568. The van der Waals surface area contributed by atoms with E-state index in [1.165, 1.54) is 0 Å². The molecule has 0 radical (unpaired) electrons. The van der Waals surface area contributed by atoms with Crippen molar-refractivity contribution in [2.75, 3.05) is 0 Å². The molecule has 3 rings (SSSR count). The lowest BCUT2D eigenvalue weighted by Gasteiger charge is -2.37. The molecular weight excluding hydrogens is 300 g/mol. The number of imidazole rings is 1. The van der Waals surface area contributed by atoms with Gasteiger partial charge in [0.25, 0.3) is 0 Å². The first-order chi connectivity index (χ1) is 11.5. The molecule has 128 valence electrons. The third kappa shape index (κ3) is 3.51.